The molecular weight excluding hydrogens is 668 g/mol. The number of hydrogen-bond donors (Lipinski definition) is 0. The smallest absolute Gasteiger partial charge is 0.101 e. The molecule has 286 valence electrons. The van der Waals surface area contributed by atoms with Crippen molar-refractivity contribution < 1.29 is 23.7 Å². The fourth-order valence-corrected chi connectivity index (χ4v) is 8.14. The minimum absolute atomic E-state index is 0.0181. The number of hydrogen-bond acceptors (Lipinski definition) is 5. The van der Waals surface area contributed by atoms with Gasteiger partial charge < -0.3 is 23.7 Å². The van der Waals surface area contributed by atoms with Crippen LogP contribution in [0.25, 0.3) is 0 Å². The third-order valence-corrected chi connectivity index (χ3v) is 11.2. The first kappa shape index (κ1) is 40.9. The van der Waals surface area contributed by atoms with Crippen LogP contribution in [0.3, 0.4) is 0 Å². The molecule has 7 atom stereocenters. The van der Waals surface area contributed by atoms with Gasteiger partial charge in [0.15, 0.2) is 0 Å². The number of rotatable bonds is 26. The monoisotopic (exact) mass is 732 g/mol. The Bertz CT molecular complexity index is 1310. The van der Waals surface area contributed by atoms with Crippen molar-refractivity contribution in [2.24, 2.45) is 0 Å². The van der Waals surface area contributed by atoms with E-state index in [9.17, 15) is 0 Å². The molecule has 3 aromatic rings. The standard InChI is InChI=1S/C46H65ClO5/c1-2-3-4-5-6-7-8-19-29-44(50-36-39-26-17-11-18-27-39)46-40(47)33-45(52-46)43-31-30-42(51-43)41(49-35-38-24-15-10-16-25-38)28-20-12-21-32-48-34-37-22-13-9-14-23-37/h9-11,13-18,22-27,40-46H,2-8,12,19-21,28-36H2,1H3/t40-,41-,42-,43-,44-,45+,46-/m1/s1. The van der Waals surface area contributed by atoms with Crippen molar-refractivity contribution in [2.45, 2.75) is 171 Å². The van der Waals surface area contributed by atoms with Gasteiger partial charge in [-0.3, -0.25) is 0 Å². The Morgan fingerprint density at radius 1 is 0.577 bits per heavy atom. The van der Waals surface area contributed by atoms with E-state index in [4.69, 9.17) is 35.3 Å². The number of benzene rings is 3. The summed E-state index contributed by atoms with van der Waals surface area (Å²) >= 11 is 7.12. The van der Waals surface area contributed by atoms with Gasteiger partial charge in [-0.1, -0.05) is 162 Å². The first-order valence-corrected chi connectivity index (χ1v) is 21.0. The van der Waals surface area contributed by atoms with E-state index >= 15 is 0 Å². The molecule has 2 aliphatic heterocycles. The van der Waals surface area contributed by atoms with Crippen LogP contribution in [-0.4, -0.2) is 48.6 Å². The predicted molar refractivity (Wildman–Crippen MR) is 213 cm³/mol. The van der Waals surface area contributed by atoms with Crippen LogP contribution < -0.4 is 0 Å². The zero-order chi connectivity index (χ0) is 36.1. The summed E-state index contributed by atoms with van der Waals surface area (Å²) in [7, 11) is 0. The highest BCUT2D eigenvalue weighted by Crippen LogP contribution is 2.38. The second-order valence-electron chi connectivity index (χ2n) is 15.0. The van der Waals surface area contributed by atoms with Crippen LogP contribution in [0, 0.1) is 0 Å². The lowest BCUT2D eigenvalue weighted by molar-refractivity contribution is -0.131. The quantitative estimate of drug-likeness (QED) is 0.0607. The van der Waals surface area contributed by atoms with Gasteiger partial charge in [0.05, 0.1) is 55.7 Å². The Morgan fingerprint density at radius 3 is 1.71 bits per heavy atom. The van der Waals surface area contributed by atoms with Crippen molar-refractivity contribution in [3.63, 3.8) is 0 Å². The largest absolute Gasteiger partial charge is 0.377 e. The van der Waals surface area contributed by atoms with E-state index in [2.05, 4.69) is 91.9 Å². The topological polar surface area (TPSA) is 46.2 Å². The molecule has 3 aromatic carbocycles. The Balaban J connectivity index is 1.10. The first-order chi connectivity index (χ1) is 25.7. The Hall–Kier alpha value is -2.25. The fourth-order valence-electron chi connectivity index (χ4n) is 7.74. The van der Waals surface area contributed by atoms with Crippen LogP contribution in [-0.2, 0) is 43.5 Å². The lowest BCUT2D eigenvalue weighted by Crippen LogP contribution is -2.36. The van der Waals surface area contributed by atoms with Crippen molar-refractivity contribution in [3.8, 4) is 0 Å². The molecule has 0 bridgehead atoms. The normalized spacial score (nSPS) is 22.8. The number of ether oxygens (including phenoxy) is 5. The molecule has 6 heteroatoms. The van der Waals surface area contributed by atoms with Crippen molar-refractivity contribution >= 4 is 11.6 Å². The first-order valence-electron chi connectivity index (χ1n) is 20.6. The van der Waals surface area contributed by atoms with Gasteiger partial charge in [-0.25, -0.2) is 0 Å². The van der Waals surface area contributed by atoms with E-state index in [0.717, 1.165) is 64.4 Å². The highest BCUT2D eigenvalue weighted by molar-refractivity contribution is 6.21. The maximum Gasteiger partial charge on any atom is 0.101 e. The average molecular weight is 733 g/mol. The summed E-state index contributed by atoms with van der Waals surface area (Å²) in [5, 5.41) is -0.0864. The van der Waals surface area contributed by atoms with Crippen LogP contribution >= 0.6 is 11.6 Å². The van der Waals surface area contributed by atoms with Gasteiger partial charge in [0.2, 0.25) is 0 Å². The average Bonchev–Trinajstić information content (AvgIpc) is 3.83. The zero-order valence-electron chi connectivity index (χ0n) is 31.8. The molecular formula is C46H65ClO5. The van der Waals surface area contributed by atoms with Crippen LogP contribution in [0.1, 0.15) is 126 Å². The number of alkyl halides is 1. The predicted octanol–water partition coefficient (Wildman–Crippen LogP) is 11.8. The van der Waals surface area contributed by atoms with Crippen molar-refractivity contribution in [1.82, 2.24) is 0 Å². The van der Waals surface area contributed by atoms with E-state index in [1.165, 1.54) is 61.6 Å². The molecule has 0 unspecified atom stereocenters. The van der Waals surface area contributed by atoms with Gasteiger partial charge in [0, 0.05) is 6.61 Å². The minimum Gasteiger partial charge on any atom is -0.377 e. The summed E-state index contributed by atoms with van der Waals surface area (Å²) < 4.78 is 32.8. The van der Waals surface area contributed by atoms with E-state index in [-0.39, 0.29) is 42.0 Å². The van der Waals surface area contributed by atoms with Gasteiger partial charge in [-0.15, -0.1) is 11.6 Å². The van der Waals surface area contributed by atoms with Gasteiger partial charge in [-0.2, -0.15) is 0 Å². The molecule has 2 heterocycles. The molecule has 0 N–H and O–H groups in total. The summed E-state index contributed by atoms with van der Waals surface area (Å²) in [4.78, 5) is 0. The molecule has 0 saturated carbocycles. The second kappa shape index (κ2) is 24.2. The molecule has 0 spiro atoms. The van der Waals surface area contributed by atoms with Gasteiger partial charge in [-0.05, 0) is 55.2 Å². The van der Waals surface area contributed by atoms with E-state index < -0.39 is 0 Å². The Kier molecular flexibility index (Phi) is 19.1. The molecule has 2 aliphatic rings. The molecule has 5 nitrogen and oxygen atoms in total. The van der Waals surface area contributed by atoms with E-state index in [0.29, 0.717) is 19.8 Å². The number of unbranched alkanes of at least 4 members (excludes halogenated alkanes) is 9. The van der Waals surface area contributed by atoms with E-state index in [1.807, 2.05) is 6.07 Å². The Labute approximate surface area is 320 Å². The molecule has 2 saturated heterocycles. The maximum absolute atomic E-state index is 7.12. The van der Waals surface area contributed by atoms with Crippen LogP contribution in [0.5, 0.6) is 0 Å². The summed E-state index contributed by atoms with van der Waals surface area (Å²) in [5.41, 5.74) is 3.61. The van der Waals surface area contributed by atoms with Crippen LogP contribution in [0.4, 0.5) is 0 Å². The summed E-state index contributed by atoms with van der Waals surface area (Å²) in [6.07, 6.45) is 18.3. The molecule has 2 fully saturated rings. The fraction of sp³-hybridized carbons (Fsp3) is 0.609. The summed E-state index contributed by atoms with van der Waals surface area (Å²) in [5.74, 6) is 0. The van der Waals surface area contributed by atoms with Crippen LogP contribution in [0.15, 0.2) is 91.0 Å². The van der Waals surface area contributed by atoms with Gasteiger partial charge in [0.25, 0.3) is 0 Å². The summed E-state index contributed by atoms with van der Waals surface area (Å²) in [6, 6.07) is 31.3. The zero-order valence-corrected chi connectivity index (χ0v) is 32.5. The van der Waals surface area contributed by atoms with Gasteiger partial charge in [0.1, 0.15) is 6.10 Å². The lowest BCUT2D eigenvalue weighted by Gasteiger charge is -2.28. The van der Waals surface area contributed by atoms with E-state index in [1.54, 1.807) is 0 Å². The van der Waals surface area contributed by atoms with Crippen molar-refractivity contribution in [1.29, 1.82) is 0 Å². The van der Waals surface area contributed by atoms with Gasteiger partial charge >= 0.3 is 0 Å². The van der Waals surface area contributed by atoms with Crippen molar-refractivity contribution in [3.05, 3.63) is 108 Å². The molecule has 0 amide bonds. The lowest BCUT2D eigenvalue weighted by atomic mass is 10.00. The molecule has 52 heavy (non-hydrogen) atoms. The highest BCUT2D eigenvalue weighted by Gasteiger charge is 2.46. The SMILES string of the molecule is CCCCCCCCCC[C@@H](OCc1ccccc1)[C@@H]1O[C@H]([C@H]2CC[C@H]([C@@H](CCCCCOCc3ccccc3)OCc3ccccc3)O2)C[C@H]1Cl. The third kappa shape index (κ3) is 14.5. The molecule has 5 rings (SSSR count). The Morgan fingerprint density at radius 2 is 1.10 bits per heavy atom. The second-order valence-corrected chi connectivity index (χ2v) is 15.6. The van der Waals surface area contributed by atoms with Crippen molar-refractivity contribution in [2.75, 3.05) is 6.61 Å². The highest BCUT2D eigenvalue weighted by atomic mass is 35.5. The number of halogens is 1. The van der Waals surface area contributed by atoms with Crippen LogP contribution in [0.2, 0.25) is 0 Å². The summed E-state index contributed by atoms with van der Waals surface area (Å²) in [6.45, 7) is 4.91. The molecule has 0 aromatic heterocycles. The maximum atomic E-state index is 7.12. The molecule has 0 aliphatic carbocycles. The third-order valence-electron chi connectivity index (χ3n) is 10.8. The minimum atomic E-state index is -0.128. The molecule has 0 radical (unpaired) electrons.